The maximum Gasteiger partial charge on any atom is 0.312 e. The van der Waals surface area contributed by atoms with Crippen LogP contribution in [0.4, 0.5) is 22.0 Å². The molecule has 0 saturated heterocycles. The molecule has 0 aliphatic carbocycles. The fraction of sp³-hybridized carbons (Fsp3) is 0.407. The Bertz CT molecular complexity index is 2830. The van der Waals surface area contributed by atoms with Gasteiger partial charge in [-0.05, 0) is 85.9 Å². The zero-order valence-electron chi connectivity index (χ0n) is 42.3. The third-order valence-corrected chi connectivity index (χ3v) is 12.6. The number of nitrogens with zero attached hydrogens (tertiary/aromatic N) is 4. The summed E-state index contributed by atoms with van der Waals surface area (Å²) in [6.45, 7) is 6.84. The minimum atomic E-state index is -1.03. The zero-order valence-corrected chi connectivity index (χ0v) is 42.3. The number of imidazole rings is 1. The highest BCUT2D eigenvalue weighted by atomic mass is 16.2. The van der Waals surface area contributed by atoms with Gasteiger partial charge in [0.25, 0.3) is 11.8 Å². The summed E-state index contributed by atoms with van der Waals surface area (Å²) in [6, 6.07) is 19.8. The monoisotopic (exact) mass is 1010 g/mol. The minimum absolute atomic E-state index is 0.0802. The Morgan fingerprint density at radius 2 is 1.35 bits per heavy atom. The number of amides is 9. The molecule has 2 atom stereocenters. The number of nitrogen functional groups attached to an aromatic ring is 1. The molecule has 6 rings (SSSR count). The number of pyridine rings is 1. The number of anilines is 3. The van der Waals surface area contributed by atoms with Crippen molar-refractivity contribution in [2.24, 2.45) is 11.7 Å². The van der Waals surface area contributed by atoms with E-state index in [-0.39, 0.29) is 80.8 Å². The second-order valence-electron chi connectivity index (χ2n) is 18.7. The maximum absolute atomic E-state index is 13.6. The number of unbranched alkanes of at least 4 members (excludes halogenated alkanes) is 3. The van der Waals surface area contributed by atoms with Crippen molar-refractivity contribution < 1.29 is 38.4 Å². The van der Waals surface area contributed by atoms with Gasteiger partial charge in [0, 0.05) is 80.8 Å². The number of aryl methyl sites for hydroxylation is 2. The third-order valence-electron chi connectivity index (χ3n) is 12.6. The summed E-state index contributed by atoms with van der Waals surface area (Å²) in [5.41, 5.74) is 17.0. The van der Waals surface area contributed by atoms with Crippen LogP contribution < -0.4 is 43.4 Å². The lowest BCUT2D eigenvalue weighted by Gasteiger charge is -2.25. The summed E-state index contributed by atoms with van der Waals surface area (Å²) in [5.74, 6) is -1.57. The molecule has 74 heavy (non-hydrogen) atoms. The molecule has 0 spiro atoms. The van der Waals surface area contributed by atoms with Crippen molar-refractivity contribution >= 4 is 86.5 Å². The number of imide groups is 1. The average molecular weight is 1010 g/mol. The molecular formula is C54H68N12O8. The lowest BCUT2D eigenvalue weighted by molar-refractivity contribution is -0.137. The van der Waals surface area contributed by atoms with Gasteiger partial charge in [-0.3, -0.25) is 38.5 Å². The van der Waals surface area contributed by atoms with Gasteiger partial charge in [0.05, 0.1) is 11.0 Å². The number of para-hydroxylation sites is 1. The number of nitrogens with one attached hydrogen (secondary N) is 6. The molecule has 3 heterocycles. The maximum atomic E-state index is 13.6. The van der Waals surface area contributed by atoms with Gasteiger partial charge in [-0.2, -0.15) is 0 Å². The number of nitrogens with two attached hydrogens (primary N) is 2. The Hall–Kier alpha value is -8.16. The first kappa shape index (κ1) is 55.2. The molecule has 0 radical (unpaired) electrons. The van der Waals surface area contributed by atoms with E-state index >= 15 is 0 Å². The van der Waals surface area contributed by atoms with E-state index in [0.29, 0.717) is 61.4 Å². The second kappa shape index (κ2) is 27.0. The first-order valence-corrected chi connectivity index (χ1v) is 25.3. The van der Waals surface area contributed by atoms with E-state index < -0.39 is 29.9 Å². The summed E-state index contributed by atoms with van der Waals surface area (Å²) < 4.78 is 2.21. The van der Waals surface area contributed by atoms with E-state index in [1.54, 1.807) is 38.1 Å². The van der Waals surface area contributed by atoms with Gasteiger partial charge in [0.15, 0.2) is 5.82 Å². The average Bonchev–Trinajstić information content (AvgIpc) is 3.90. The molecule has 3 aromatic carbocycles. The quantitative estimate of drug-likeness (QED) is 0.0240. The molecule has 20 heteroatoms. The molecule has 9 amide bonds. The molecule has 1 aliphatic rings. The van der Waals surface area contributed by atoms with Gasteiger partial charge in [-0.1, -0.05) is 76.1 Å². The highest BCUT2D eigenvalue weighted by Crippen LogP contribution is 2.30. The first-order valence-electron chi connectivity index (χ1n) is 25.3. The van der Waals surface area contributed by atoms with Gasteiger partial charge < -0.3 is 47.9 Å². The number of primary amides is 1. The third kappa shape index (κ3) is 15.9. The van der Waals surface area contributed by atoms with Crippen molar-refractivity contribution in [2.75, 3.05) is 36.0 Å². The van der Waals surface area contributed by atoms with E-state index in [0.717, 1.165) is 57.5 Å². The highest BCUT2D eigenvalue weighted by molar-refractivity contribution is 6.13. The van der Waals surface area contributed by atoms with Crippen molar-refractivity contribution in [1.82, 2.24) is 40.7 Å². The SMILES string of the molecule is CCCCc1nc2c(N)nc3ccccc3c2n1Cc1ccc(NC(=O)CCNC(=O)CCc2ccc(NC(=O)[C@H](CCCNC(N)=O)NC(=O)[C@@H](NC(=O)CCCCCN3C(=O)C=CC3=O)C(C)C)cc2)cc1. The van der Waals surface area contributed by atoms with E-state index in [4.69, 9.17) is 16.5 Å². The smallest absolute Gasteiger partial charge is 0.312 e. The molecule has 2 aromatic heterocycles. The number of hydrogen-bond donors (Lipinski definition) is 8. The van der Waals surface area contributed by atoms with Crippen LogP contribution in [0.15, 0.2) is 84.9 Å². The number of rotatable bonds is 28. The molecule has 392 valence electrons. The fourth-order valence-electron chi connectivity index (χ4n) is 8.56. The first-order chi connectivity index (χ1) is 35.6. The molecule has 10 N–H and O–H groups in total. The number of hydrogen-bond acceptors (Lipinski definition) is 11. The Labute approximate surface area is 430 Å². The molecule has 20 nitrogen and oxygen atoms in total. The van der Waals surface area contributed by atoms with Gasteiger partial charge in [0.2, 0.25) is 29.5 Å². The predicted octanol–water partition coefficient (Wildman–Crippen LogP) is 5.13. The van der Waals surface area contributed by atoms with Crippen molar-refractivity contribution in [3.8, 4) is 0 Å². The van der Waals surface area contributed by atoms with Crippen molar-refractivity contribution in [3.05, 3.63) is 102 Å². The molecular weight excluding hydrogens is 945 g/mol. The van der Waals surface area contributed by atoms with Crippen LogP contribution in [0.1, 0.15) is 102 Å². The van der Waals surface area contributed by atoms with Crippen LogP contribution in [0.5, 0.6) is 0 Å². The molecule has 0 fully saturated rings. The van der Waals surface area contributed by atoms with Crippen LogP contribution in [0, 0.1) is 5.92 Å². The zero-order chi connectivity index (χ0) is 53.1. The molecule has 0 bridgehead atoms. The van der Waals surface area contributed by atoms with Gasteiger partial charge >= 0.3 is 6.03 Å². The standard InChI is InChI=1S/C54H68N12O8/c1-4-5-15-42-63-49-50(39-12-8-9-13-40(39)61-51(49)55)66(42)33-36-19-24-37(25-20-36)59-45(69)29-31-57-43(67)26-21-35-17-22-38(23-18-35)60-52(72)41(14-11-30-58-54(56)74)62-53(73)48(34(2)3)64-44(68)16-7-6-10-32-65-46(70)27-28-47(65)71/h8-9,12-13,17-20,22-25,27-28,34,41,48H,4-7,10-11,14-16,21,26,29-33H2,1-3H3,(H2,55,61)(H,57,67)(H,59,69)(H,60,72)(H,62,73)(H,64,68)(H3,56,58,74)/t41-,48-/m0/s1. The van der Waals surface area contributed by atoms with E-state index in [1.165, 1.54) is 12.2 Å². The lowest BCUT2D eigenvalue weighted by atomic mass is 10.0. The molecule has 1 aliphatic heterocycles. The largest absolute Gasteiger partial charge is 0.382 e. The summed E-state index contributed by atoms with van der Waals surface area (Å²) in [5, 5.41) is 17.5. The second-order valence-corrected chi connectivity index (χ2v) is 18.7. The van der Waals surface area contributed by atoms with Crippen LogP contribution in [0.25, 0.3) is 21.9 Å². The predicted molar refractivity (Wildman–Crippen MR) is 283 cm³/mol. The minimum Gasteiger partial charge on any atom is -0.382 e. The van der Waals surface area contributed by atoms with Gasteiger partial charge in [-0.15, -0.1) is 0 Å². The summed E-state index contributed by atoms with van der Waals surface area (Å²) in [7, 11) is 0. The topological polar surface area (TPSA) is 295 Å². The van der Waals surface area contributed by atoms with Crippen molar-refractivity contribution in [3.63, 3.8) is 0 Å². The summed E-state index contributed by atoms with van der Waals surface area (Å²) in [6.07, 6.45) is 8.10. The number of urea groups is 1. The molecule has 0 unspecified atom stereocenters. The number of benzene rings is 3. The van der Waals surface area contributed by atoms with E-state index in [1.807, 2.05) is 48.5 Å². The Kier molecular flexibility index (Phi) is 20.2. The van der Waals surface area contributed by atoms with Gasteiger partial charge in [-0.25, -0.2) is 14.8 Å². The summed E-state index contributed by atoms with van der Waals surface area (Å²) >= 11 is 0. The fourth-order valence-corrected chi connectivity index (χ4v) is 8.56. The Morgan fingerprint density at radius 3 is 2.04 bits per heavy atom. The summed E-state index contributed by atoms with van der Waals surface area (Å²) in [4.78, 5) is 111. The molecule has 5 aromatic rings. The highest BCUT2D eigenvalue weighted by Gasteiger charge is 2.29. The van der Waals surface area contributed by atoms with Crippen molar-refractivity contribution in [1.29, 1.82) is 0 Å². The van der Waals surface area contributed by atoms with E-state index in [9.17, 15) is 38.4 Å². The normalized spacial score (nSPS) is 13.0. The van der Waals surface area contributed by atoms with Crippen LogP contribution in [0.2, 0.25) is 0 Å². The number of fused-ring (bicyclic) bond motifs is 3. The van der Waals surface area contributed by atoms with Crippen LogP contribution in [-0.4, -0.2) is 98.5 Å². The molecule has 0 saturated carbocycles. The van der Waals surface area contributed by atoms with Crippen LogP contribution >= 0.6 is 0 Å². The Balaban J connectivity index is 0.928. The number of carbonyl (C=O) groups is 8. The van der Waals surface area contributed by atoms with Crippen LogP contribution in [-0.2, 0) is 52.9 Å². The number of carbonyl (C=O) groups excluding carboxylic acids is 8. The Morgan fingerprint density at radius 1 is 0.662 bits per heavy atom. The lowest BCUT2D eigenvalue weighted by Crippen LogP contribution is -2.54. The van der Waals surface area contributed by atoms with Crippen molar-refractivity contribution in [2.45, 2.75) is 116 Å². The number of aromatic nitrogens is 3. The van der Waals surface area contributed by atoms with Gasteiger partial charge in [0.1, 0.15) is 23.4 Å². The van der Waals surface area contributed by atoms with Crippen LogP contribution in [0.3, 0.4) is 0 Å². The van der Waals surface area contributed by atoms with E-state index in [2.05, 4.69) is 48.4 Å².